The molecule has 0 unspecified atom stereocenters. The van der Waals surface area contributed by atoms with Gasteiger partial charge in [0.25, 0.3) is 0 Å². The van der Waals surface area contributed by atoms with E-state index < -0.39 is 0 Å². The first kappa shape index (κ1) is 15.8. The highest BCUT2D eigenvalue weighted by Gasteiger charge is 2.17. The van der Waals surface area contributed by atoms with Gasteiger partial charge in [-0.3, -0.25) is 0 Å². The third-order valence-corrected chi connectivity index (χ3v) is 4.98. The van der Waals surface area contributed by atoms with Crippen LogP contribution in [0.5, 0.6) is 0 Å². The van der Waals surface area contributed by atoms with E-state index in [0.29, 0.717) is 6.54 Å². The summed E-state index contributed by atoms with van der Waals surface area (Å²) in [5.41, 5.74) is 4.83. The molecule has 1 aliphatic rings. The van der Waals surface area contributed by atoms with E-state index in [1.807, 2.05) is 30.3 Å². The molecule has 0 amide bonds. The van der Waals surface area contributed by atoms with Gasteiger partial charge < -0.3 is 15.2 Å². The lowest BCUT2D eigenvalue weighted by molar-refractivity contribution is 0.719. The van der Waals surface area contributed by atoms with Crippen molar-refractivity contribution in [3.05, 3.63) is 77.9 Å². The lowest BCUT2D eigenvalue weighted by atomic mass is 10.00. The molecule has 1 aliphatic heterocycles. The Labute approximate surface area is 157 Å². The zero-order valence-corrected chi connectivity index (χ0v) is 14.9. The van der Waals surface area contributed by atoms with Gasteiger partial charge in [0, 0.05) is 19.2 Å². The van der Waals surface area contributed by atoms with E-state index in [1.165, 1.54) is 11.1 Å². The molecular weight excluding hydrogens is 336 g/mol. The third-order valence-electron chi connectivity index (χ3n) is 4.98. The number of imidazole rings is 1. The summed E-state index contributed by atoms with van der Waals surface area (Å²) >= 11 is 0. The van der Waals surface area contributed by atoms with Gasteiger partial charge in [0.2, 0.25) is 0 Å². The first-order chi connectivity index (χ1) is 13.3. The smallest absolute Gasteiger partial charge is 0.134 e. The Kier molecular flexibility index (Phi) is 3.93. The number of H-pyrrole nitrogens is 1. The molecule has 0 fully saturated rings. The number of aromatic amines is 1. The van der Waals surface area contributed by atoms with Crippen LogP contribution >= 0.6 is 0 Å². The molecule has 134 valence electrons. The lowest BCUT2D eigenvalue weighted by Crippen LogP contribution is -2.31. The summed E-state index contributed by atoms with van der Waals surface area (Å²) in [7, 11) is 0. The van der Waals surface area contributed by atoms with Crippen molar-refractivity contribution < 1.29 is 0 Å². The van der Waals surface area contributed by atoms with Gasteiger partial charge in [-0.25, -0.2) is 15.0 Å². The standard InChI is InChI=1S/C21H20N6/c1-2-6-16-13-27(10-9-15(16)5-1)21-11-19(23-14-24-21)22-12-20-25-17-7-3-4-8-18(17)26-20/h1-8,11,14H,9-10,12-13H2,(H,25,26)(H,22,23,24). The minimum atomic E-state index is 0.591. The van der Waals surface area contributed by atoms with Gasteiger partial charge in [-0.05, 0) is 29.7 Å². The van der Waals surface area contributed by atoms with Crippen molar-refractivity contribution in [2.24, 2.45) is 0 Å². The third kappa shape index (κ3) is 3.21. The van der Waals surface area contributed by atoms with Crippen molar-refractivity contribution in [1.82, 2.24) is 19.9 Å². The lowest BCUT2D eigenvalue weighted by Gasteiger charge is -2.29. The average Bonchev–Trinajstić information content (AvgIpc) is 3.15. The second-order valence-electron chi connectivity index (χ2n) is 6.76. The fourth-order valence-electron chi connectivity index (χ4n) is 3.57. The Morgan fingerprint density at radius 3 is 2.78 bits per heavy atom. The molecule has 0 aliphatic carbocycles. The molecule has 0 spiro atoms. The van der Waals surface area contributed by atoms with Crippen LogP contribution in [0, 0.1) is 0 Å². The quantitative estimate of drug-likeness (QED) is 0.585. The maximum absolute atomic E-state index is 4.59. The van der Waals surface area contributed by atoms with Crippen LogP contribution in [0.15, 0.2) is 60.9 Å². The van der Waals surface area contributed by atoms with Gasteiger partial charge in [-0.15, -0.1) is 0 Å². The Balaban J connectivity index is 1.30. The second-order valence-corrected chi connectivity index (χ2v) is 6.76. The first-order valence-electron chi connectivity index (χ1n) is 9.16. The van der Waals surface area contributed by atoms with Crippen LogP contribution in [0.25, 0.3) is 11.0 Å². The maximum atomic E-state index is 4.59. The predicted octanol–water partition coefficient (Wildman–Crippen LogP) is 3.53. The molecule has 4 aromatic rings. The number of anilines is 2. The highest BCUT2D eigenvalue weighted by atomic mass is 15.2. The number of nitrogens with one attached hydrogen (secondary N) is 2. The molecule has 0 saturated carbocycles. The van der Waals surface area contributed by atoms with Crippen molar-refractivity contribution in [2.45, 2.75) is 19.5 Å². The number of rotatable bonds is 4. The fourth-order valence-corrected chi connectivity index (χ4v) is 3.57. The van der Waals surface area contributed by atoms with Crippen LogP contribution in [0.2, 0.25) is 0 Å². The molecule has 0 bridgehead atoms. The summed E-state index contributed by atoms with van der Waals surface area (Å²) in [6.45, 7) is 2.45. The number of hydrogen-bond acceptors (Lipinski definition) is 5. The van der Waals surface area contributed by atoms with E-state index in [0.717, 1.165) is 48.0 Å². The number of nitrogens with zero attached hydrogens (tertiary/aromatic N) is 4. The van der Waals surface area contributed by atoms with Gasteiger partial charge in [0.05, 0.1) is 17.6 Å². The molecule has 0 saturated heterocycles. The van der Waals surface area contributed by atoms with E-state index in [-0.39, 0.29) is 0 Å². The van der Waals surface area contributed by atoms with E-state index in [1.54, 1.807) is 6.33 Å². The largest absolute Gasteiger partial charge is 0.363 e. The Hall–Kier alpha value is -3.41. The van der Waals surface area contributed by atoms with E-state index in [2.05, 4.69) is 54.4 Å². The van der Waals surface area contributed by atoms with Crippen molar-refractivity contribution in [3.8, 4) is 0 Å². The van der Waals surface area contributed by atoms with Gasteiger partial charge in [0.1, 0.15) is 23.8 Å². The SMILES string of the molecule is c1ccc2c(c1)CCN(c1cc(NCc3nc4ccccc4[nH]3)ncn1)C2. The molecule has 5 rings (SSSR count). The Morgan fingerprint density at radius 2 is 1.85 bits per heavy atom. The Morgan fingerprint density at radius 1 is 1.00 bits per heavy atom. The normalized spacial score (nSPS) is 13.6. The van der Waals surface area contributed by atoms with Crippen LogP contribution in [0.3, 0.4) is 0 Å². The van der Waals surface area contributed by atoms with Crippen LogP contribution in [-0.4, -0.2) is 26.5 Å². The van der Waals surface area contributed by atoms with Crippen LogP contribution < -0.4 is 10.2 Å². The zero-order valence-electron chi connectivity index (χ0n) is 14.9. The zero-order chi connectivity index (χ0) is 18.1. The molecule has 0 radical (unpaired) electrons. The highest BCUT2D eigenvalue weighted by Crippen LogP contribution is 2.24. The summed E-state index contributed by atoms with van der Waals surface area (Å²) in [6, 6.07) is 18.7. The molecule has 2 aromatic carbocycles. The Bertz CT molecular complexity index is 1050. The molecular formula is C21H20N6. The van der Waals surface area contributed by atoms with E-state index >= 15 is 0 Å². The van der Waals surface area contributed by atoms with Gasteiger partial charge >= 0.3 is 0 Å². The maximum Gasteiger partial charge on any atom is 0.134 e. The summed E-state index contributed by atoms with van der Waals surface area (Å²) in [5, 5.41) is 3.35. The number of fused-ring (bicyclic) bond motifs is 2. The summed E-state index contributed by atoms with van der Waals surface area (Å²) in [5.74, 6) is 2.65. The highest BCUT2D eigenvalue weighted by molar-refractivity contribution is 5.74. The number of aromatic nitrogens is 4. The van der Waals surface area contributed by atoms with Gasteiger partial charge in [-0.1, -0.05) is 36.4 Å². The topological polar surface area (TPSA) is 69.7 Å². The number of hydrogen-bond donors (Lipinski definition) is 2. The van der Waals surface area contributed by atoms with Crippen molar-refractivity contribution in [2.75, 3.05) is 16.8 Å². The molecule has 2 N–H and O–H groups in total. The molecule has 3 heterocycles. The van der Waals surface area contributed by atoms with Crippen molar-refractivity contribution in [3.63, 3.8) is 0 Å². The fraction of sp³-hybridized carbons (Fsp3) is 0.190. The second kappa shape index (κ2) is 6.72. The molecule has 6 nitrogen and oxygen atoms in total. The summed E-state index contributed by atoms with van der Waals surface area (Å²) in [6.07, 6.45) is 2.67. The first-order valence-corrected chi connectivity index (χ1v) is 9.16. The molecule has 27 heavy (non-hydrogen) atoms. The van der Waals surface area contributed by atoms with Crippen molar-refractivity contribution >= 4 is 22.7 Å². The van der Waals surface area contributed by atoms with Crippen LogP contribution in [0.4, 0.5) is 11.6 Å². The average molecular weight is 356 g/mol. The summed E-state index contributed by atoms with van der Waals surface area (Å²) < 4.78 is 0. The monoisotopic (exact) mass is 356 g/mol. The minimum absolute atomic E-state index is 0.591. The minimum Gasteiger partial charge on any atom is -0.363 e. The molecule has 2 aromatic heterocycles. The summed E-state index contributed by atoms with van der Waals surface area (Å²) in [4.78, 5) is 19.1. The number of benzene rings is 2. The predicted molar refractivity (Wildman–Crippen MR) is 107 cm³/mol. The van der Waals surface area contributed by atoms with Crippen LogP contribution in [0.1, 0.15) is 17.0 Å². The van der Waals surface area contributed by atoms with Gasteiger partial charge in [-0.2, -0.15) is 0 Å². The number of para-hydroxylation sites is 2. The van der Waals surface area contributed by atoms with Crippen LogP contribution in [-0.2, 0) is 19.5 Å². The van der Waals surface area contributed by atoms with Crippen molar-refractivity contribution in [1.29, 1.82) is 0 Å². The molecule has 0 atom stereocenters. The van der Waals surface area contributed by atoms with E-state index in [9.17, 15) is 0 Å². The van der Waals surface area contributed by atoms with E-state index in [4.69, 9.17) is 0 Å². The molecule has 6 heteroatoms. The van der Waals surface area contributed by atoms with Gasteiger partial charge in [0.15, 0.2) is 0 Å².